The van der Waals surface area contributed by atoms with E-state index in [1.165, 1.54) is 16.9 Å². The summed E-state index contributed by atoms with van der Waals surface area (Å²) in [7, 11) is 0. The summed E-state index contributed by atoms with van der Waals surface area (Å²) in [5.74, 6) is 0.736. The number of amides is 2. The number of thiazole rings is 1. The van der Waals surface area contributed by atoms with E-state index < -0.39 is 5.41 Å². The Bertz CT molecular complexity index is 685. The van der Waals surface area contributed by atoms with Crippen LogP contribution in [0.15, 0.2) is 22.5 Å². The molecule has 2 amide bonds. The summed E-state index contributed by atoms with van der Waals surface area (Å²) in [6.07, 6.45) is 7.51. The van der Waals surface area contributed by atoms with E-state index in [0.717, 1.165) is 25.0 Å². The number of hydrogen-bond donors (Lipinski definition) is 1. The first-order chi connectivity index (χ1) is 12.5. The van der Waals surface area contributed by atoms with Gasteiger partial charge in [0, 0.05) is 17.5 Å². The number of nitrogens with one attached hydrogen (secondary N) is 1. The Morgan fingerprint density at radius 1 is 1.46 bits per heavy atom. The molecular formula is C19H27N3O2S2. The third kappa shape index (κ3) is 3.69. The SMILES string of the molecule is CSCC(=O)N1[C@H]2CC[C@@H]1[C@](CC=C(C)C)(C(=O)NCc1cscn1)C2. The van der Waals surface area contributed by atoms with Crippen molar-refractivity contribution < 1.29 is 9.59 Å². The third-order valence-corrected chi connectivity index (χ3v) is 6.71. The predicted molar refractivity (Wildman–Crippen MR) is 107 cm³/mol. The highest BCUT2D eigenvalue weighted by atomic mass is 32.2. The first-order valence-corrected chi connectivity index (χ1v) is 11.4. The molecule has 2 aliphatic rings. The van der Waals surface area contributed by atoms with Crippen molar-refractivity contribution in [3.63, 3.8) is 0 Å². The second kappa shape index (κ2) is 8.13. The van der Waals surface area contributed by atoms with Gasteiger partial charge >= 0.3 is 0 Å². The Balaban J connectivity index is 1.82. The van der Waals surface area contributed by atoms with Gasteiger partial charge in [-0.05, 0) is 45.8 Å². The minimum atomic E-state index is -0.510. The molecule has 2 bridgehead atoms. The molecule has 0 spiro atoms. The monoisotopic (exact) mass is 393 g/mol. The molecule has 1 N–H and O–H groups in total. The van der Waals surface area contributed by atoms with E-state index in [9.17, 15) is 9.59 Å². The summed E-state index contributed by atoms with van der Waals surface area (Å²) >= 11 is 3.08. The Morgan fingerprint density at radius 3 is 2.92 bits per heavy atom. The van der Waals surface area contributed by atoms with Crippen molar-refractivity contribution in [2.24, 2.45) is 5.41 Å². The molecule has 0 unspecified atom stereocenters. The van der Waals surface area contributed by atoms with Crippen LogP contribution in [0.4, 0.5) is 0 Å². The molecule has 7 heteroatoms. The van der Waals surface area contributed by atoms with Gasteiger partial charge in [-0.3, -0.25) is 9.59 Å². The van der Waals surface area contributed by atoms with E-state index in [2.05, 4.69) is 30.2 Å². The van der Waals surface area contributed by atoms with Gasteiger partial charge in [0.1, 0.15) is 0 Å². The van der Waals surface area contributed by atoms with Gasteiger partial charge in [0.05, 0.1) is 28.9 Å². The molecule has 0 radical (unpaired) electrons. The highest BCUT2D eigenvalue weighted by molar-refractivity contribution is 7.99. The lowest BCUT2D eigenvalue weighted by Gasteiger charge is -2.35. The fourth-order valence-corrected chi connectivity index (χ4v) is 5.33. The Morgan fingerprint density at radius 2 is 2.27 bits per heavy atom. The number of thioether (sulfide) groups is 1. The van der Waals surface area contributed by atoms with Gasteiger partial charge in [-0.15, -0.1) is 11.3 Å². The fraction of sp³-hybridized carbons (Fsp3) is 0.632. The van der Waals surface area contributed by atoms with Gasteiger partial charge in [0.2, 0.25) is 11.8 Å². The van der Waals surface area contributed by atoms with Gasteiger partial charge in [-0.2, -0.15) is 11.8 Å². The van der Waals surface area contributed by atoms with Crippen LogP contribution in [0.3, 0.4) is 0 Å². The molecule has 0 saturated carbocycles. The van der Waals surface area contributed by atoms with Crippen molar-refractivity contribution in [3.8, 4) is 0 Å². The summed E-state index contributed by atoms with van der Waals surface area (Å²) < 4.78 is 0. The molecule has 3 rings (SSSR count). The van der Waals surface area contributed by atoms with Crippen LogP contribution in [0, 0.1) is 5.41 Å². The van der Waals surface area contributed by atoms with E-state index in [4.69, 9.17) is 0 Å². The van der Waals surface area contributed by atoms with Crippen LogP contribution in [0.25, 0.3) is 0 Å². The molecule has 142 valence electrons. The van der Waals surface area contributed by atoms with Crippen molar-refractivity contribution in [3.05, 3.63) is 28.2 Å². The van der Waals surface area contributed by atoms with E-state index in [1.54, 1.807) is 17.3 Å². The number of hydrogen-bond acceptors (Lipinski definition) is 5. The summed E-state index contributed by atoms with van der Waals surface area (Å²) in [6.45, 7) is 4.57. The summed E-state index contributed by atoms with van der Waals surface area (Å²) in [4.78, 5) is 32.2. The first-order valence-electron chi connectivity index (χ1n) is 9.07. The predicted octanol–water partition coefficient (Wildman–Crippen LogP) is 3.23. The number of carbonyl (C=O) groups excluding carboxylic acids is 2. The van der Waals surface area contributed by atoms with Crippen LogP contribution < -0.4 is 5.32 Å². The summed E-state index contributed by atoms with van der Waals surface area (Å²) in [5, 5.41) is 5.06. The van der Waals surface area contributed by atoms with Crippen molar-refractivity contribution >= 4 is 34.9 Å². The van der Waals surface area contributed by atoms with Gasteiger partial charge < -0.3 is 10.2 Å². The zero-order valence-corrected chi connectivity index (χ0v) is 17.3. The molecule has 2 saturated heterocycles. The number of allylic oxidation sites excluding steroid dienone is 2. The second-order valence-electron chi connectivity index (χ2n) is 7.49. The highest BCUT2D eigenvalue weighted by Crippen LogP contribution is 2.52. The Hall–Kier alpha value is -1.34. The van der Waals surface area contributed by atoms with Crippen molar-refractivity contribution in [2.45, 2.75) is 58.2 Å². The molecule has 26 heavy (non-hydrogen) atoms. The lowest BCUT2D eigenvalue weighted by Crippen LogP contribution is -2.49. The zero-order chi connectivity index (χ0) is 18.7. The molecule has 1 aromatic rings. The highest BCUT2D eigenvalue weighted by Gasteiger charge is 2.60. The average molecular weight is 394 g/mol. The minimum Gasteiger partial charge on any atom is -0.350 e. The van der Waals surface area contributed by atoms with Crippen LogP contribution in [-0.2, 0) is 16.1 Å². The number of nitrogens with zero attached hydrogens (tertiary/aromatic N) is 2. The molecule has 1 aromatic heterocycles. The molecule has 5 nitrogen and oxygen atoms in total. The molecule has 3 heterocycles. The van der Waals surface area contributed by atoms with Gasteiger partial charge in [-0.25, -0.2) is 4.98 Å². The van der Waals surface area contributed by atoms with E-state index in [0.29, 0.717) is 18.7 Å². The summed E-state index contributed by atoms with van der Waals surface area (Å²) in [5.41, 5.74) is 3.37. The normalized spacial score (nSPS) is 26.8. The molecule has 0 aromatic carbocycles. The van der Waals surface area contributed by atoms with Gasteiger partial charge in [0.25, 0.3) is 0 Å². The first kappa shape index (κ1) is 19.4. The second-order valence-corrected chi connectivity index (χ2v) is 9.07. The Kier molecular flexibility index (Phi) is 6.07. The molecule has 0 aliphatic carbocycles. The van der Waals surface area contributed by atoms with E-state index >= 15 is 0 Å². The Labute approximate surface area is 163 Å². The number of aromatic nitrogens is 1. The molecular weight excluding hydrogens is 366 g/mol. The maximum atomic E-state index is 13.3. The maximum absolute atomic E-state index is 13.3. The molecule has 2 aliphatic heterocycles. The van der Waals surface area contributed by atoms with Crippen LogP contribution in [0.1, 0.15) is 45.2 Å². The lowest BCUT2D eigenvalue weighted by atomic mass is 9.70. The quantitative estimate of drug-likeness (QED) is 0.723. The van der Waals surface area contributed by atoms with Crippen LogP contribution in [0.5, 0.6) is 0 Å². The number of carbonyl (C=O) groups is 2. The third-order valence-electron chi connectivity index (χ3n) is 5.54. The smallest absolute Gasteiger partial charge is 0.233 e. The fourth-order valence-electron chi connectivity index (χ4n) is 4.37. The largest absolute Gasteiger partial charge is 0.350 e. The topological polar surface area (TPSA) is 62.3 Å². The zero-order valence-electron chi connectivity index (χ0n) is 15.7. The number of fused-ring (bicyclic) bond motifs is 2. The van der Waals surface area contributed by atoms with Gasteiger partial charge in [-0.1, -0.05) is 11.6 Å². The van der Waals surface area contributed by atoms with E-state index in [-0.39, 0.29) is 23.9 Å². The number of rotatable bonds is 7. The van der Waals surface area contributed by atoms with Crippen LogP contribution in [0.2, 0.25) is 0 Å². The summed E-state index contributed by atoms with van der Waals surface area (Å²) in [6, 6.07) is 0.216. The minimum absolute atomic E-state index is 0.0122. The van der Waals surface area contributed by atoms with E-state index in [1.807, 2.05) is 16.5 Å². The van der Waals surface area contributed by atoms with Gasteiger partial charge in [0.15, 0.2) is 0 Å². The maximum Gasteiger partial charge on any atom is 0.233 e. The lowest BCUT2D eigenvalue weighted by molar-refractivity contribution is -0.135. The van der Waals surface area contributed by atoms with Crippen LogP contribution in [-0.4, -0.2) is 45.8 Å². The molecule has 2 fully saturated rings. The standard InChI is InChI=1S/C19H27N3O2S2/c1-13(2)6-7-19(18(24)20-9-14-10-26-12-21-14)8-15-4-5-16(19)22(15)17(23)11-25-3/h6,10,12,15-16H,4-5,7-9,11H2,1-3H3,(H,20,24)/t15-,16+,19+/m0/s1. The molecule has 3 atom stereocenters. The average Bonchev–Trinajstić information content (AvgIpc) is 3.33. The van der Waals surface area contributed by atoms with Crippen molar-refractivity contribution in [1.29, 1.82) is 0 Å². The van der Waals surface area contributed by atoms with Crippen molar-refractivity contribution in [2.75, 3.05) is 12.0 Å². The van der Waals surface area contributed by atoms with Crippen molar-refractivity contribution in [1.82, 2.24) is 15.2 Å². The van der Waals surface area contributed by atoms with Crippen LogP contribution >= 0.6 is 23.1 Å².